The zero-order chi connectivity index (χ0) is 28.3. The van der Waals surface area contributed by atoms with Gasteiger partial charge in [-0.25, -0.2) is 13.8 Å². The van der Waals surface area contributed by atoms with Gasteiger partial charge in [0.1, 0.15) is 0 Å². The number of hydrogen-bond donors (Lipinski definition) is 3. The van der Waals surface area contributed by atoms with Crippen molar-refractivity contribution in [1.29, 1.82) is 0 Å². The number of aromatic nitrogens is 5. The average Bonchev–Trinajstić information content (AvgIpc) is 3.39. The molecule has 1 amide bonds. The Morgan fingerprint density at radius 3 is 2.32 bits per heavy atom. The average molecular weight is 571 g/mol. The van der Waals surface area contributed by atoms with Crippen molar-refractivity contribution in [1.82, 2.24) is 29.8 Å². The summed E-state index contributed by atoms with van der Waals surface area (Å²) in [4.78, 5) is 32.8. The summed E-state index contributed by atoms with van der Waals surface area (Å²) in [5.74, 6) is 0.466. The van der Waals surface area contributed by atoms with Crippen LogP contribution in [0.2, 0.25) is 0 Å². The molecule has 2 saturated carbocycles. The number of amides is 1. The highest BCUT2D eigenvalue weighted by atomic mass is 19.3. The number of fused-ring (bicyclic) bond motifs is 1. The van der Waals surface area contributed by atoms with E-state index in [9.17, 15) is 18.7 Å². The van der Waals surface area contributed by atoms with Gasteiger partial charge in [-0.2, -0.15) is 15.0 Å². The number of aliphatic hydroxyl groups is 1. The number of morpholine rings is 1. The predicted octanol–water partition coefficient (Wildman–Crippen LogP) is 3.38. The maximum Gasteiger partial charge on any atom is 0.296 e. The van der Waals surface area contributed by atoms with Gasteiger partial charge in [0.25, 0.3) is 6.43 Å². The van der Waals surface area contributed by atoms with Gasteiger partial charge in [0, 0.05) is 31.1 Å². The van der Waals surface area contributed by atoms with Crippen molar-refractivity contribution in [3.63, 3.8) is 0 Å². The highest BCUT2D eigenvalue weighted by Crippen LogP contribution is 2.29. The lowest BCUT2D eigenvalue weighted by Gasteiger charge is -2.32. The van der Waals surface area contributed by atoms with E-state index >= 15 is 0 Å². The fraction of sp³-hybridized carbons (Fsp3) is 0.607. The molecule has 0 radical (unpaired) electrons. The van der Waals surface area contributed by atoms with Crippen LogP contribution in [-0.2, 0) is 9.53 Å². The quantitative estimate of drug-likeness (QED) is 0.391. The third kappa shape index (κ3) is 6.25. The topological polar surface area (TPSA) is 130 Å². The molecular formula is C28H36F2N8O3. The number of para-hydroxylation sites is 2. The molecule has 1 aromatic carbocycles. The summed E-state index contributed by atoms with van der Waals surface area (Å²) < 4.78 is 35.0. The Labute approximate surface area is 236 Å². The van der Waals surface area contributed by atoms with E-state index in [1.54, 1.807) is 24.3 Å². The van der Waals surface area contributed by atoms with Crippen LogP contribution in [0, 0.1) is 5.92 Å². The van der Waals surface area contributed by atoms with Crippen LogP contribution < -0.4 is 15.5 Å². The summed E-state index contributed by atoms with van der Waals surface area (Å²) >= 11 is 0. The van der Waals surface area contributed by atoms with E-state index in [0.29, 0.717) is 62.1 Å². The first-order valence-electron chi connectivity index (χ1n) is 14.5. The van der Waals surface area contributed by atoms with Gasteiger partial charge in [0.05, 0.1) is 30.4 Å². The number of alkyl halides is 2. The number of nitrogens with zero attached hydrogens (tertiary/aromatic N) is 6. The zero-order valence-corrected chi connectivity index (χ0v) is 22.9. The lowest BCUT2D eigenvalue weighted by Crippen LogP contribution is -2.43. The SMILES string of the molecule is O=C(N[C@H]1CC[C@H](Nc2nc(N3CCOCC3)nc(-n3c(C(F)F)nc4ccccc43)n2)CC1)C1CCC(O)CC1. The molecule has 13 heteroatoms. The van der Waals surface area contributed by atoms with E-state index < -0.39 is 12.2 Å². The minimum absolute atomic E-state index is 0.0196. The number of nitrogens with one attached hydrogen (secondary N) is 2. The number of rotatable bonds is 7. The molecule has 0 atom stereocenters. The molecule has 41 heavy (non-hydrogen) atoms. The molecule has 3 aromatic rings. The summed E-state index contributed by atoms with van der Waals surface area (Å²) in [5, 5.41) is 16.4. The fourth-order valence-corrected chi connectivity index (χ4v) is 6.05. The molecule has 3 aliphatic rings. The van der Waals surface area contributed by atoms with Crippen molar-refractivity contribution in [2.75, 3.05) is 36.5 Å². The Morgan fingerprint density at radius 1 is 0.902 bits per heavy atom. The normalized spacial score (nSPS) is 25.4. The summed E-state index contributed by atoms with van der Waals surface area (Å²) in [6.45, 7) is 2.22. The van der Waals surface area contributed by atoms with Crippen molar-refractivity contribution in [3.8, 4) is 5.95 Å². The maximum atomic E-state index is 14.1. The molecule has 0 unspecified atom stereocenters. The molecular weight excluding hydrogens is 534 g/mol. The van der Waals surface area contributed by atoms with Gasteiger partial charge in [-0.05, 0) is 63.5 Å². The Hall–Kier alpha value is -3.45. The second-order valence-corrected chi connectivity index (χ2v) is 11.2. The van der Waals surface area contributed by atoms with Crippen LogP contribution in [0.15, 0.2) is 24.3 Å². The van der Waals surface area contributed by atoms with Crippen LogP contribution in [0.4, 0.5) is 20.7 Å². The lowest BCUT2D eigenvalue weighted by molar-refractivity contribution is -0.127. The molecule has 1 saturated heterocycles. The van der Waals surface area contributed by atoms with Gasteiger partial charge in [0.15, 0.2) is 5.82 Å². The van der Waals surface area contributed by atoms with Gasteiger partial charge in [-0.1, -0.05) is 12.1 Å². The van der Waals surface area contributed by atoms with Crippen molar-refractivity contribution >= 4 is 28.8 Å². The molecule has 2 aliphatic carbocycles. The van der Waals surface area contributed by atoms with Crippen molar-refractivity contribution in [3.05, 3.63) is 30.1 Å². The molecule has 3 fully saturated rings. The van der Waals surface area contributed by atoms with Gasteiger partial charge >= 0.3 is 0 Å². The molecule has 0 bridgehead atoms. The molecule has 2 aromatic heterocycles. The summed E-state index contributed by atoms with van der Waals surface area (Å²) in [5.41, 5.74) is 0.937. The van der Waals surface area contributed by atoms with Crippen LogP contribution in [0.25, 0.3) is 17.0 Å². The third-order valence-electron chi connectivity index (χ3n) is 8.36. The van der Waals surface area contributed by atoms with Gasteiger partial charge in [-0.3, -0.25) is 9.36 Å². The smallest absolute Gasteiger partial charge is 0.296 e. The number of carbonyl (C=O) groups excluding carboxylic acids is 1. The first kappa shape index (κ1) is 27.7. The number of imidazole rings is 1. The maximum absolute atomic E-state index is 14.1. The Balaban J connectivity index is 1.20. The number of aliphatic hydroxyl groups excluding tert-OH is 1. The number of hydrogen-bond acceptors (Lipinski definition) is 9. The molecule has 220 valence electrons. The fourth-order valence-electron chi connectivity index (χ4n) is 6.05. The van der Waals surface area contributed by atoms with E-state index in [1.807, 2.05) is 4.90 Å². The van der Waals surface area contributed by atoms with Crippen molar-refractivity contribution in [2.45, 2.75) is 76.0 Å². The van der Waals surface area contributed by atoms with E-state index in [0.717, 1.165) is 38.5 Å². The number of anilines is 2. The minimum Gasteiger partial charge on any atom is -0.393 e. The minimum atomic E-state index is -2.81. The van der Waals surface area contributed by atoms with Crippen molar-refractivity contribution < 1.29 is 23.4 Å². The monoisotopic (exact) mass is 570 g/mol. The van der Waals surface area contributed by atoms with Crippen LogP contribution in [0.3, 0.4) is 0 Å². The Kier molecular flexibility index (Phi) is 8.24. The first-order valence-corrected chi connectivity index (χ1v) is 14.5. The Bertz CT molecular complexity index is 1350. The van der Waals surface area contributed by atoms with Crippen LogP contribution in [0.1, 0.15) is 63.6 Å². The van der Waals surface area contributed by atoms with Crippen LogP contribution >= 0.6 is 0 Å². The second-order valence-electron chi connectivity index (χ2n) is 11.2. The highest BCUT2D eigenvalue weighted by Gasteiger charge is 2.30. The largest absolute Gasteiger partial charge is 0.393 e. The van der Waals surface area contributed by atoms with Gasteiger partial charge in [-0.15, -0.1) is 0 Å². The second kappa shape index (κ2) is 12.2. The molecule has 6 rings (SSSR count). The van der Waals surface area contributed by atoms with Gasteiger partial charge < -0.3 is 25.4 Å². The number of ether oxygens (including phenoxy) is 1. The van der Waals surface area contributed by atoms with E-state index in [2.05, 4.69) is 30.6 Å². The molecule has 11 nitrogen and oxygen atoms in total. The number of halogens is 2. The molecule has 3 heterocycles. The van der Waals surface area contributed by atoms with Crippen LogP contribution in [0.5, 0.6) is 0 Å². The predicted molar refractivity (Wildman–Crippen MR) is 148 cm³/mol. The Morgan fingerprint density at radius 2 is 1.59 bits per heavy atom. The lowest BCUT2D eigenvalue weighted by atomic mass is 9.86. The molecule has 1 aliphatic heterocycles. The number of benzene rings is 1. The van der Waals surface area contributed by atoms with E-state index in [1.165, 1.54) is 4.57 Å². The standard InChI is InChI=1S/C28H36F2N8O3/c29-23(30)24-33-21-3-1-2-4-22(21)38(24)28-35-26(34-27(36-28)37-13-15-41-16-14-37)32-19-9-7-18(8-10-19)31-25(40)17-5-11-20(39)12-6-17/h1-4,17-20,23,39H,5-16H2,(H,31,40)(H,32,34,35,36)/t17?,18-,19-,20?. The summed E-state index contributed by atoms with van der Waals surface area (Å²) in [6, 6.07) is 7.12. The number of carbonyl (C=O) groups is 1. The molecule has 0 spiro atoms. The van der Waals surface area contributed by atoms with E-state index in [-0.39, 0.29) is 36.0 Å². The van der Waals surface area contributed by atoms with Gasteiger partial charge in [0.2, 0.25) is 23.8 Å². The summed E-state index contributed by atoms with van der Waals surface area (Å²) in [7, 11) is 0. The molecule has 3 N–H and O–H groups in total. The van der Waals surface area contributed by atoms with Crippen LogP contribution in [-0.4, -0.2) is 80.0 Å². The highest BCUT2D eigenvalue weighted by molar-refractivity contribution is 5.79. The van der Waals surface area contributed by atoms with Crippen molar-refractivity contribution in [2.24, 2.45) is 5.92 Å². The first-order chi connectivity index (χ1) is 19.9. The zero-order valence-electron chi connectivity index (χ0n) is 22.9. The summed E-state index contributed by atoms with van der Waals surface area (Å²) in [6.07, 6.45) is 2.97. The van der Waals surface area contributed by atoms with E-state index in [4.69, 9.17) is 4.74 Å². The third-order valence-corrected chi connectivity index (χ3v) is 8.36.